The van der Waals surface area contributed by atoms with Crippen LogP contribution >= 0.6 is 0 Å². The summed E-state index contributed by atoms with van der Waals surface area (Å²) in [5.74, 6) is -1.82. The van der Waals surface area contributed by atoms with Crippen LogP contribution < -0.4 is 10.2 Å². The summed E-state index contributed by atoms with van der Waals surface area (Å²) in [6.07, 6.45) is 22.3. The van der Waals surface area contributed by atoms with Crippen molar-refractivity contribution in [3.8, 4) is 0 Å². The van der Waals surface area contributed by atoms with E-state index >= 15 is 0 Å². The second-order valence-corrected chi connectivity index (χ2v) is 7.90. The molecule has 30 heavy (non-hydrogen) atoms. The monoisotopic (exact) mass is 558 g/mol. The number of carboxylic acid groups (broad SMARTS) is 2. The van der Waals surface area contributed by atoms with Crippen LogP contribution in [0.3, 0.4) is 0 Å². The second-order valence-electron chi connectivity index (χ2n) is 7.90. The fraction of sp³-hybridized carbons (Fsp3) is 0.917. The van der Waals surface area contributed by atoms with Gasteiger partial charge < -0.3 is 19.8 Å². The van der Waals surface area contributed by atoms with E-state index in [1.165, 1.54) is 89.9 Å². The number of hydrogen-bond acceptors (Lipinski definition) is 4. The van der Waals surface area contributed by atoms with E-state index in [-0.39, 0.29) is 74.5 Å². The van der Waals surface area contributed by atoms with E-state index in [0.717, 1.165) is 25.7 Å². The third-order valence-electron chi connectivity index (χ3n) is 4.97. The predicted octanol–water partition coefficient (Wildman–Crippen LogP) is 4.55. The SMILES string of the molecule is CCCCCCCCCCCC(=O)[O-].CCCCCCCCCCCC(=O)[O-].[Ca+2].[Sn+4]. The van der Waals surface area contributed by atoms with E-state index in [1.54, 1.807) is 0 Å². The smallest absolute Gasteiger partial charge is 0.550 e. The van der Waals surface area contributed by atoms with Gasteiger partial charge in [0.25, 0.3) is 0 Å². The molecule has 0 saturated heterocycles. The number of carboxylic acids is 2. The largest absolute Gasteiger partial charge is 4.00 e. The Kier molecular flexibility index (Phi) is 44.1. The summed E-state index contributed by atoms with van der Waals surface area (Å²) in [5, 5.41) is 20.2. The van der Waals surface area contributed by atoms with E-state index in [1.807, 2.05) is 0 Å². The fourth-order valence-corrected chi connectivity index (χ4v) is 3.16. The average molecular weight is 557 g/mol. The summed E-state index contributed by atoms with van der Waals surface area (Å²) < 4.78 is 0. The van der Waals surface area contributed by atoms with E-state index in [0.29, 0.717) is 0 Å². The molecule has 0 amide bonds. The van der Waals surface area contributed by atoms with Crippen LogP contribution in [-0.4, -0.2) is 73.6 Å². The van der Waals surface area contributed by atoms with Crippen molar-refractivity contribution >= 4 is 73.6 Å². The van der Waals surface area contributed by atoms with Gasteiger partial charge in [-0.3, -0.25) is 0 Å². The molecule has 0 aliphatic carbocycles. The Morgan fingerprint density at radius 3 is 0.867 bits per heavy atom. The normalized spacial score (nSPS) is 9.67. The molecule has 0 N–H and O–H groups in total. The molecule has 6 heteroatoms. The predicted molar refractivity (Wildman–Crippen MR) is 125 cm³/mol. The van der Waals surface area contributed by atoms with Crippen molar-refractivity contribution < 1.29 is 19.8 Å². The Bertz CT molecular complexity index is 309. The van der Waals surface area contributed by atoms with Crippen molar-refractivity contribution in [2.75, 3.05) is 0 Å². The Balaban J connectivity index is -0.000000211. The minimum Gasteiger partial charge on any atom is -0.550 e. The minimum absolute atomic E-state index is 0. The standard InChI is InChI=1S/2C12H24O2.Ca.Sn/c2*1-2-3-4-5-6-7-8-9-10-11-12(13)14;;/h2*2-11H2,1H3,(H,13,14);;/q;;+2;+4/p-2. The summed E-state index contributed by atoms with van der Waals surface area (Å²) >= 11 is 0. The second kappa shape index (κ2) is 34.6. The van der Waals surface area contributed by atoms with Crippen LogP contribution in [0.2, 0.25) is 0 Å². The summed E-state index contributed by atoms with van der Waals surface area (Å²) in [4.78, 5) is 20.2. The molecule has 0 aromatic rings. The zero-order valence-electron chi connectivity index (χ0n) is 20.0. The molecule has 0 spiro atoms. The van der Waals surface area contributed by atoms with Gasteiger partial charge in [-0.25, -0.2) is 0 Å². The summed E-state index contributed by atoms with van der Waals surface area (Å²) in [6, 6.07) is 0. The van der Waals surface area contributed by atoms with Gasteiger partial charge in [0.1, 0.15) is 0 Å². The summed E-state index contributed by atoms with van der Waals surface area (Å²) in [7, 11) is 0. The van der Waals surface area contributed by atoms with Gasteiger partial charge in [0.15, 0.2) is 0 Å². The molecular formula is C24H46CaO4Sn+4. The van der Waals surface area contributed by atoms with Crippen LogP contribution in [0.4, 0.5) is 0 Å². The maximum absolute atomic E-state index is 10.1. The Labute approximate surface area is 233 Å². The van der Waals surface area contributed by atoms with Crippen LogP contribution in [0.25, 0.3) is 0 Å². The van der Waals surface area contributed by atoms with E-state index in [2.05, 4.69) is 13.8 Å². The third kappa shape index (κ3) is 43.0. The van der Waals surface area contributed by atoms with Gasteiger partial charge in [-0.1, -0.05) is 117 Å². The van der Waals surface area contributed by atoms with Crippen molar-refractivity contribution in [1.29, 1.82) is 0 Å². The Morgan fingerprint density at radius 1 is 0.467 bits per heavy atom. The van der Waals surface area contributed by atoms with Crippen LogP contribution in [-0.2, 0) is 9.59 Å². The number of aliphatic carboxylic acids is 2. The maximum atomic E-state index is 10.1. The van der Waals surface area contributed by atoms with Crippen LogP contribution in [0, 0.1) is 0 Å². The molecule has 0 atom stereocenters. The topological polar surface area (TPSA) is 80.3 Å². The molecule has 0 fully saturated rings. The Morgan fingerprint density at radius 2 is 0.667 bits per heavy atom. The number of hydrogen-bond donors (Lipinski definition) is 0. The molecule has 0 heterocycles. The molecular weight excluding hydrogens is 511 g/mol. The van der Waals surface area contributed by atoms with Crippen molar-refractivity contribution in [1.82, 2.24) is 0 Å². The van der Waals surface area contributed by atoms with E-state index in [9.17, 15) is 19.8 Å². The molecule has 0 radical (unpaired) electrons. The summed E-state index contributed by atoms with van der Waals surface area (Å²) in [5.41, 5.74) is 0. The molecule has 0 unspecified atom stereocenters. The van der Waals surface area contributed by atoms with Gasteiger partial charge in [-0.2, -0.15) is 0 Å². The minimum atomic E-state index is -0.909. The van der Waals surface area contributed by atoms with Gasteiger partial charge in [0.05, 0.1) is 0 Å². The number of rotatable bonds is 20. The number of unbranched alkanes of at least 4 members (excludes halogenated alkanes) is 16. The van der Waals surface area contributed by atoms with Gasteiger partial charge in [0, 0.05) is 11.9 Å². The Hall–Kier alpha value is 0.998. The zero-order valence-corrected chi connectivity index (χ0v) is 25.0. The first-order chi connectivity index (χ1) is 13.5. The van der Waals surface area contributed by atoms with Crippen molar-refractivity contribution in [2.24, 2.45) is 0 Å². The first-order valence-electron chi connectivity index (χ1n) is 11.9. The maximum Gasteiger partial charge on any atom is 4.00 e. The van der Waals surface area contributed by atoms with Gasteiger partial charge in [-0.05, 0) is 25.7 Å². The summed E-state index contributed by atoms with van der Waals surface area (Å²) in [6.45, 7) is 4.44. The van der Waals surface area contributed by atoms with E-state index in [4.69, 9.17) is 0 Å². The van der Waals surface area contributed by atoms with Crippen molar-refractivity contribution in [2.45, 2.75) is 142 Å². The molecule has 0 saturated carbocycles. The van der Waals surface area contributed by atoms with Crippen molar-refractivity contribution in [3.05, 3.63) is 0 Å². The molecule has 0 aliphatic rings. The first-order valence-corrected chi connectivity index (χ1v) is 11.9. The molecule has 0 bridgehead atoms. The van der Waals surface area contributed by atoms with Gasteiger partial charge in [0.2, 0.25) is 0 Å². The zero-order chi connectivity index (χ0) is 21.3. The number of carbonyl (C=O) groups is 2. The van der Waals surface area contributed by atoms with Crippen LogP contribution in [0.5, 0.6) is 0 Å². The molecule has 0 rings (SSSR count). The molecule has 0 aromatic heterocycles. The molecule has 168 valence electrons. The van der Waals surface area contributed by atoms with Crippen LogP contribution in [0.1, 0.15) is 142 Å². The van der Waals surface area contributed by atoms with Gasteiger partial charge >= 0.3 is 61.6 Å². The first kappa shape index (κ1) is 38.3. The average Bonchev–Trinajstić information content (AvgIpc) is 2.65. The quantitative estimate of drug-likeness (QED) is 0.163. The van der Waals surface area contributed by atoms with Crippen molar-refractivity contribution in [3.63, 3.8) is 0 Å². The fourth-order valence-electron chi connectivity index (χ4n) is 3.16. The molecule has 0 aromatic carbocycles. The van der Waals surface area contributed by atoms with Crippen LogP contribution in [0.15, 0.2) is 0 Å². The van der Waals surface area contributed by atoms with Gasteiger partial charge in [-0.15, -0.1) is 0 Å². The van der Waals surface area contributed by atoms with E-state index < -0.39 is 11.9 Å². The number of carbonyl (C=O) groups excluding carboxylic acids is 2. The third-order valence-corrected chi connectivity index (χ3v) is 4.97. The molecule has 0 aliphatic heterocycles. The molecule has 4 nitrogen and oxygen atoms in total.